The smallest absolute Gasteiger partial charge is 0.427 e. The number of hydrogen-bond acceptors (Lipinski definition) is 6. The van der Waals surface area contributed by atoms with Gasteiger partial charge in [0.2, 0.25) is 0 Å². The van der Waals surface area contributed by atoms with E-state index in [1.807, 2.05) is 0 Å². The molecule has 1 N–H and O–H groups in total. The van der Waals surface area contributed by atoms with Crippen LogP contribution in [0.4, 0.5) is 13.2 Å². The highest BCUT2D eigenvalue weighted by atomic mass is 19.4. The van der Waals surface area contributed by atoms with E-state index in [1.54, 1.807) is 30.3 Å². The zero-order chi connectivity index (χ0) is 31.8. The lowest BCUT2D eigenvalue weighted by Gasteiger charge is -2.62. The Kier molecular flexibility index (Phi) is 7.25. The van der Waals surface area contributed by atoms with Crippen LogP contribution < -0.4 is 5.32 Å². The van der Waals surface area contributed by atoms with Gasteiger partial charge in [-0.3, -0.25) is 9.59 Å². The highest BCUT2D eigenvalue weighted by Gasteiger charge is 2.72. The molecule has 6 aliphatic rings. The first-order chi connectivity index (χ1) is 21.4. The summed E-state index contributed by atoms with van der Waals surface area (Å²) < 4.78 is 64.6. The predicted molar refractivity (Wildman–Crippen MR) is 156 cm³/mol. The van der Waals surface area contributed by atoms with Crippen LogP contribution in [0.5, 0.6) is 0 Å². The van der Waals surface area contributed by atoms with Gasteiger partial charge in [-0.25, -0.2) is 0 Å². The molecule has 3 unspecified atom stereocenters. The van der Waals surface area contributed by atoms with E-state index in [9.17, 15) is 22.8 Å². The van der Waals surface area contributed by atoms with Crippen LogP contribution >= 0.6 is 0 Å². The second kappa shape index (κ2) is 10.7. The van der Waals surface area contributed by atoms with E-state index in [4.69, 9.17) is 14.2 Å². The molecule has 0 radical (unpaired) electrons. The van der Waals surface area contributed by atoms with Crippen LogP contribution in [0.2, 0.25) is 0 Å². The zero-order valence-electron chi connectivity index (χ0n) is 25.8. The molecule has 1 amide bonds. The molecule has 45 heavy (non-hydrogen) atoms. The molecule has 1 spiro atoms. The summed E-state index contributed by atoms with van der Waals surface area (Å²) in [6.45, 7) is 3.44. The van der Waals surface area contributed by atoms with Crippen molar-refractivity contribution in [1.29, 1.82) is 0 Å². The molecule has 4 aliphatic carbocycles. The summed E-state index contributed by atoms with van der Waals surface area (Å²) in [6.07, 6.45) is 3.48. The Balaban J connectivity index is 1.32. The highest BCUT2D eigenvalue weighted by molar-refractivity contribution is 5.96. The Morgan fingerprint density at radius 2 is 1.91 bits per heavy atom. The Morgan fingerprint density at radius 3 is 2.58 bits per heavy atom. The largest absolute Gasteiger partial charge is 0.573 e. The minimum atomic E-state index is -5.12. The summed E-state index contributed by atoms with van der Waals surface area (Å²) >= 11 is 0. The number of nitrogens with one attached hydrogen (secondary N) is 1. The van der Waals surface area contributed by atoms with Gasteiger partial charge in [0.05, 0.1) is 32.3 Å². The number of amides is 1. The van der Waals surface area contributed by atoms with Crippen LogP contribution in [-0.2, 0) is 28.5 Å². The Hall–Kier alpha value is -3.15. The van der Waals surface area contributed by atoms with Gasteiger partial charge in [-0.05, 0) is 42.9 Å². The molecule has 2 saturated heterocycles. The van der Waals surface area contributed by atoms with Crippen LogP contribution in [0, 0.1) is 17.3 Å². The normalized spacial score (nSPS) is 37.0. The monoisotopic (exact) mass is 629 g/mol. The maximum Gasteiger partial charge on any atom is 0.573 e. The second-order valence-electron chi connectivity index (χ2n) is 13.8. The van der Waals surface area contributed by atoms with Gasteiger partial charge in [-0.2, -0.15) is 0 Å². The fraction of sp³-hybridized carbons (Fsp3) is 0.588. The summed E-state index contributed by atoms with van der Waals surface area (Å²) in [6, 6.07) is 8.47. The molecule has 0 aromatic heterocycles. The third-order valence-corrected chi connectivity index (χ3v) is 11.2. The minimum Gasteiger partial charge on any atom is -0.427 e. The Labute approximate surface area is 260 Å². The first-order valence-electron chi connectivity index (χ1n) is 15.9. The Morgan fingerprint density at radius 1 is 1.16 bits per heavy atom. The maximum absolute atomic E-state index is 13.8. The van der Waals surface area contributed by atoms with Gasteiger partial charge in [0, 0.05) is 55.8 Å². The molecule has 7 rings (SSSR count). The minimum absolute atomic E-state index is 0.147. The van der Waals surface area contributed by atoms with Crippen LogP contribution in [0.1, 0.15) is 57.4 Å². The van der Waals surface area contributed by atoms with Crippen molar-refractivity contribution < 1.29 is 46.2 Å². The van der Waals surface area contributed by atoms with E-state index in [1.165, 1.54) is 33.0 Å². The van der Waals surface area contributed by atoms with Crippen molar-refractivity contribution in [3.8, 4) is 0 Å². The van der Waals surface area contributed by atoms with E-state index in [0.29, 0.717) is 23.9 Å². The van der Waals surface area contributed by atoms with Crippen molar-refractivity contribution >= 4 is 18.0 Å². The first kappa shape index (κ1) is 30.5. The molecular formula is C34H40F3N2O6+. The van der Waals surface area contributed by atoms with E-state index in [0.717, 1.165) is 66.4 Å². The molecule has 1 aromatic rings. The van der Waals surface area contributed by atoms with Gasteiger partial charge in [0.25, 0.3) is 5.91 Å². The van der Waals surface area contributed by atoms with Crippen molar-refractivity contribution in [3.63, 3.8) is 0 Å². The van der Waals surface area contributed by atoms with Crippen molar-refractivity contribution in [2.75, 3.05) is 27.2 Å². The number of esters is 1. The van der Waals surface area contributed by atoms with E-state index in [2.05, 4.69) is 17.1 Å². The third kappa shape index (κ3) is 5.11. The first-order valence-corrected chi connectivity index (χ1v) is 15.9. The van der Waals surface area contributed by atoms with Gasteiger partial charge in [0.1, 0.15) is 11.9 Å². The van der Waals surface area contributed by atoms with Gasteiger partial charge in [-0.15, -0.1) is 13.2 Å². The van der Waals surface area contributed by atoms with E-state index in [-0.39, 0.29) is 17.3 Å². The van der Waals surface area contributed by atoms with Crippen LogP contribution in [-0.4, -0.2) is 73.9 Å². The van der Waals surface area contributed by atoms with Crippen LogP contribution in [0.25, 0.3) is 6.08 Å². The predicted octanol–water partition coefficient (Wildman–Crippen LogP) is 5.37. The molecule has 2 bridgehead atoms. The molecule has 11 heteroatoms. The van der Waals surface area contributed by atoms with Crippen LogP contribution in [0.3, 0.4) is 0 Å². The number of carbonyl (C=O) groups excluding carboxylic acids is 2. The molecule has 8 nitrogen and oxygen atoms in total. The summed E-state index contributed by atoms with van der Waals surface area (Å²) in [4.78, 5) is 26.2. The average molecular weight is 630 g/mol. The van der Waals surface area contributed by atoms with E-state index >= 15 is 0 Å². The number of ether oxygens (including phenoxy) is 4. The number of allylic oxidation sites excluding steroid dienone is 1. The lowest BCUT2D eigenvalue weighted by Crippen LogP contribution is -2.69. The topological polar surface area (TPSA) is 83.1 Å². The molecule has 2 saturated carbocycles. The Bertz CT molecular complexity index is 1490. The molecule has 7 atom stereocenters. The number of halogens is 3. The molecular weight excluding hydrogens is 589 g/mol. The van der Waals surface area contributed by atoms with E-state index < -0.39 is 35.8 Å². The van der Waals surface area contributed by atoms with Crippen molar-refractivity contribution in [3.05, 3.63) is 64.6 Å². The molecule has 4 fully saturated rings. The number of benzene rings is 1. The average Bonchev–Trinajstić information content (AvgIpc) is 3.72. The van der Waals surface area contributed by atoms with Gasteiger partial charge in [0.15, 0.2) is 11.5 Å². The fourth-order valence-corrected chi connectivity index (χ4v) is 9.29. The number of hydrogen-bond donors (Lipinski definition) is 1. The summed E-state index contributed by atoms with van der Waals surface area (Å²) in [5.74, 6) is -1.27. The standard InChI is InChI=1S/C34H39F3N2O6/c1-20(40)43-27-18-33(42-3,38-31(41)26(45-34(35,36)37)16-21-8-5-4-6-9-21)30-29-23(27)17-25-24-10-7-11-28(44-30)32(24,29)14-15-39(25,2)19-22-12-13-22/h4-6,8-9,16,18,22,24-25,28,30H,7,10-15,17,19H2,1-3H3/p+1/t24-,25+,28-,30?,32+,33?,39?/m0/s1. The number of piperidine rings is 1. The van der Waals surface area contributed by atoms with Crippen molar-refractivity contribution in [2.45, 2.75) is 82.2 Å². The third-order valence-electron chi connectivity index (χ3n) is 11.2. The number of nitrogens with zero attached hydrogens (tertiary/aromatic N) is 1. The number of likely N-dealkylation sites (tertiary alicyclic amines) is 1. The SMILES string of the molecule is COC1(NC(=O)C(=Cc2ccccc2)OC(F)(F)F)C=C(OC(C)=O)C2=C3C1O[C@H]1CCC[C@H]4[C@@H](C2)[N+](C)(CC2CC2)CC[C@]314. The number of alkyl halides is 3. The molecule has 2 heterocycles. The lowest BCUT2D eigenvalue weighted by atomic mass is 9.50. The van der Waals surface area contributed by atoms with Gasteiger partial charge in [-0.1, -0.05) is 36.8 Å². The second-order valence-corrected chi connectivity index (χ2v) is 13.8. The molecule has 242 valence electrons. The summed E-state index contributed by atoms with van der Waals surface area (Å²) in [5.41, 5.74) is 0.146. The molecule has 2 aliphatic heterocycles. The number of methoxy groups -OCH3 is 1. The lowest BCUT2D eigenvalue weighted by molar-refractivity contribution is -0.947. The number of quaternary nitrogens is 1. The number of carbonyl (C=O) groups is 2. The zero-order valence-corrected chi connectivity index (χ0v) is 25.8. The highest BCUT2D eigenvalue weighted by Crippen LogP contribution is 2.68. The number of rotatable bonds is 8. The van der Waals surface area contributed by atoms with Gasteiger partial charge >= 0.3 is 12.3 Å². The summed E-state index contributed by atoms with van der Waals surface area (Å²) in [7, 11) is 3.74. The summed E-state index contributed by atoms with van der Waals surface area (Å²) in [5, 5.41) is 2.70. The molecule has 1 aromatic carbocycles. The van der Waals surface area contributed by atoms with Crippen molar-refractivity contribution in [1.82, 2.24) is 5.32 Å². The van der Waals surface area contributed by atoms with Crippen LogP contribution in [0.15, 0.2) is 59.1 Å². The fourth-order valence-electron chi connectivity index (χ4n) is 9.29. The van der Waals surface area contributed by atoms with Crippen molar-refractivity contribution in [2.24, 2.45) is 17.3 Å². The van der Waals surface area contributed by atoms with Gasteiger partial charge < -0.3 is 28.7 Å². The quantitative estimate of drug-likeness (QED) is 0.137. The maximum atomic E-state index is 13.8.